The van der Waals surface area contributed by atoms with Gasteiger partial charge >= 0.3 is 0 Å². The lowest BCUT2D eigenvalue weighted by molar-refractivity contribution is -0.000384. The van der Waals surface area contributed by atoms with Crippen molar-refractivity contribution in [2.24, 2.45) is 11.8 Å². The number of hydrogen-bond acceptors (Lipinski definition) is 2. The molecule has 2 saturated heterocycles. The summed E-state index contributed by atoms with van der Waals surface area (Å²) in [6.07, 6.45) is 3.56. The highest BCUT2D eigenvalue weighted by molar-refractivity contribution is 4.82. The van der Waals surface area contributed by atoms with Crippen LogP contribution >= 0.6 is 0 Å². The zero-order valence-corrected chi connectivity index (χ0v) is 8.68. The topological polar surface area (TPSA) is 21.3 Å². The highest BCUT2D eigenvalue weighted by Gasteiger charge is 2.31. The molecule has 3 heteroatoms. The van der Waals surface area contributed by atoms with Gasteiger partial charge in [0.05, 0.1) is 6.61 Å². The standard InChI is InChI=1S/C11H20FNO/c12-11(9-3-1-5-13-7-9)10-4-2-6-14-8-10/h9-11,13H,1-8H2. The second-order valence-corrected chi connectivity index (χ2v) is 4.53. The first-order valence-electron chi connectivity index (χ1n) is 5.80. The van der Waals surface area contributed by atoms with Crippen LogP contribution in [0.1, 0.15) is 25.7 Å². The van der Waals surface area contributed by atoms with Gasteiger partial charge in [0.25, 0.3) is 0 Å². The molecule has 2 rings (SSSR count). The molecular formula is C11H20FNO. The van der Waals surface area contributed by atoms with Gasteiger partial charge in [-0.2, -0.15) is 0 Å². The van der Waals surface area contributed by atoms with Gasteiger partial charge in [-0.3, -0.25) is 0 Å². The monoisotopic (exact) mass is 201 g/mol. The zero-order valence-electron chi connectivity index (χ0n) is 8.68. The van der Waals surface area contributed by atoms with Crippen molar-refractivity contribution in [3.8, 4) is 0 Å². The molecule has 0 spiro atoms. The normalized spacial score (nSPS) is 36.6. The largest absolute Gasteiger partial charge is 0.381 e. The van der Waals surface area contributed by atoms with Crippen LogP contribution in [0.3, 0.4) is 0 Å². The Balaban J connectivity index is 1.82. The molecule has 2 heterocycles. The molecule has 14 heavy (non-hydrogen) atoms. The highest BCUT2D eigenvalue weighted by Crippen LogP contribution is 2.28. The van der Waals surface area contributed by atoms with Crippen LogP contribution in [0.15, 0.2) is 0 Å². The third kappa shape index (κ3) is 2.45. The minimum absolute atomic E-state index is 0.161. The molecule has 2 nitrogen and oxygen atoms in total. The Labute approximate surface area is 85.2 Å². The fraction of sp³-hybridized carbons (Fsp3) is 1.00. The van der Waals surface area contributed by atoms with Gasteiger partial charge in [0.15, 0.2) is 0 Å². The summed E-state index contributed by atoms with van der Waals surface area (Å²) < 4.78 is 19.4. The average Bonchev–Trinajstić information content (AvgIpc) is 2.30. The van der Waals surface area contributed by atoms with E-state index in [0.29, 0.717) is 6.61 Å². The Bertz CT molecular complexity index is 147. The second kappa shape index (κ2) is 5.08. The molecule has 2 aliphatic rings. The average molecular weight is 201 g/mol. The summed E-state index contributed by atoms with van der Waals surface area (Å²) >= 11 is 0. The molecule has 0 aromatic carbocycles. The summed E-state index contributed by atoms with van der Waals surface area (Å²) in [6, 6.07) is 0. The Kier molecular flexibility index (Phi) is 3.76. The Morgan fingerprint density at radius 1 is 1.21 bits per heavy atom. The van der Waals surface area contributed by atoms with Crippen LogP contribution in [0, 0.1) is 11.8 Å². The summed E-state index contributed by atoms with van der Waals surface area (Å²) in [7, 11) is 0. The molecule has 1 N–H and O–H groups in total. The minimum Gasteiger partial charge on any atom is -0.381 e. The summed E-state index contributed by atoms with van der Waals surface area (Å²) in [5, 5.41) is 3.27. The molecule has 3 atom stereocenters. The summed E-state index contributed by atoms with van der Waals surface area (Å²) in [5.74, 6) is 0.393. The number of halogens is 1. The second-order valence-electron chi connectivity index (χ2n) is 4.53. The van der Waals surface area contributed by atoms with Crippen LogP contribution in [0.4, 0.5) is 4.39 Å². The van der Waals surface area contributed by atoms with E-state index in [2.05, 4.69) is 5.32 Å². The SMILES string of the molecule is FC(C1CCCNC1)C1CCCOC1. The number of nitrogens with one attached hydrogen (secondary N) is 1. The van der Waals surface area contributed by atoms with Gasteiger partial charge in [-0.05, 0) is 32.2 Å². The first-order valence-corrected chi connectivity index (χ1v) is 5.80. The Hall–Kier alpha value is -0.150. The summed E-state index contributed by atoms with van der Waals surface area (Å²) in [6.45, 7) is 3.38. The van der Waals surface area contributed by atoms with E-state index in [-0.39, 0.29) is 11.8 Å². The van der Waals surface area contributed by atoms with Gasteiger partial charge < -0.3 is 10.1 Å². The molecule has 2 aliphatic heterocycles. The smallest absolute Gasteiger partial charge is 0.109 e. The molecule has 0 amide bonds. The Morgan fingerprint density at radius 2 is 2.07 bits per heavy atom. The molecule has 2 fully saturated rings. The van der Waals surface area contributed by atoms with Crippen LogP contribution in [0.2, 0.25) is 0 Å². The first kappa shape index (κ1) is 10.4. The van der Waals surface area contributed by atoms with Crippen LogP contribution in [0.25, 0.3) is 0 Å². The number of alkyl halides is 1. The van der Waals surface area contributed by atoms with Gasteiger partial charge in [-0.25, -0.2) is 4.39 Å². The lowest BCUT2D eigenvalue weighted by atomic mass is 9.84. The first-order chi connectivity index (χ1) is 6.88. The van der Waals surface area contributed by atoms with E-state index < -0.39 is 6.17 Å². The van der Waals surface area contributed by atoms with Crippen molar-refractivity contribution in [2.45, 2.75) is 31.9 Å². The summed E-state index contributed by atoms with van der Waals surface area (Å²) in [5.41, 5.74) is 0. The number of rotatable bonds is 2. The van der Waals surface area contributed by atoms with Crippen molar-refractivity contribution < 1.29 is 9.13 Å². The van der Waals surface area contributed by atoms with Crippen LogP contribution < -0.4 is 5.32 Å². The zero-order chi connectivity index (χ0) is 9.80. The lowest BCUT2D eigenvalue weighted by Gasteiger charge is -2.32. The van der Waals surface area contributed by atoms with Crippen LogP contribution in [0.5, 0.6) is 0 Å². The molecule has 0 aromatic heterocycles. The van der Waals surface area contributed by atoms with Gasteiger partial charge in [0, 0.05) is 25.0 Å². The van der Waals surface area contributed by atoms with Gasteiger partial charge in [-0.1, -0.05) is 0 Å². The van der Waals surface area contributed by atoms with Crippen LogP contribution in [-0.4, -0.2) is 32.5 Å². The van der Waals surface area contributed by atoms with E-state index in [1.807, 2.05) is 0 Å². The number of piperidine rings is 1. The molecular weight excluding hydrogens is 181 g/mol. The molecule has 0 bridgehead atoms. The van der Waals surface area contributed by atoms with E-state index in [0.717, 1.165) is 45.4 Å². The van der Waals surface area contributed by atoms with Crippen molar-refractivity contribution in [3.63, 3.8) is 0 Å². The fourth-order valence-corrected chi connectivity index (χ4v) is 2.55. The van der Waals surface area contributed by atoms with Crippen LogP contribution in [-0.2, 0) is 4.74 Å². The molecule has 82 valence electrons. The predicted molar refractivity (Wildman–Crippen MR) is 54.0 cm³/mol. The molecule has 0 saturated carbocycles. The van der Waals surface area contributed by atoms with Crippen molar-refractivity contribution in [3.05, 3.63) is 0 Å². The number of hydrogen-bond donors (Lipinski definition) is 1. The van der Waals surface area contributed by atoms with Gasteiger partial charge in [0.2, 0.25) is 0 Å². The van der Waals surface area contributed by atoms with Crippen molar-refractivity contribution in [2.75, 3.05) is 26.3 Å². The molecule has 3 unspecified atom stereocenters. The van der Waals surface area contributed by atoms with E-state index in [1.54, 1.807) is 0 Å². The molecule has 0 aromatic rings. The van der Waals surface area contributed by atoms with Crippen molar-refractivity contribution in [1.82, 2.24) is 5.32 Å². The maximum absolute atomic E-state index is 14.1. The third-order valence-electron chi connectivity index (χ3n) is 3.43. The van der Waals surface area contributed by atoms with Gasteiger partial charge in [0.1, 0.15) is 6.17 Å². The third-order valence-corrected chi connectivity index (χ3v) is 3.43. The maximum atomic E-state index is 14.1. The minimum atomic E-state index is -0.650. The van der Waals surface area contributed by atoms with Crippen molar-refractivity contribution >= 4 is 0 Å². The van der Waals surface area contributed by atoms with E-state index in [9.17, 15) is 4.39 Å². The van der Waals surface area contributed by atoms with Gasteiger partial charge in [-0.15, -0.1) is 0 Å². The van der Waals surface area contributed by atoms with E-state index in [1.165, 1.54) is 0 Å². The quantitative estimate of drug-likeness (QED) is 0.735. The predicted octanol–water partition coefficient (Wildman–Crippen LogP) is 1.75. The lowest BCUT2D eigenvalue weighted by Crippen LogP contribution is -2.40. The molecule has 0 aliphatic carbocycles. The Morgan fingerprint density at radius 3 is 2.71 bits per heavy atom. The number of ether oxygens (including phenoxy) is 1. The van der Waals surface area contributed by atoms with E-state index >= 15 is 0 Å². The fourth-order valence-electron chi connectivity index (χ4n) is 2.55. The maximum Gasteiger partial charge on any atom is 0.109 e. The van der Waals surface area contributed by atoms with Crippen molar-refractivity contribution in [1.29, 1.82) is 0 Å². The van der Waals surface area contributed by atoms with E-state index in [4.69, 9.17) is 4.74 Å². The summed E-state index contributed by atoms with van der Waals surface area (Å²) in [4.78, 5) is 0. The highest BCUT2D eigenvalue weighted by atomic mass is 19.1. The molecule has 0 radical (unpaired) electrons.